The molecule has 0 aliphatic rings. The molecule has 4 rings (SSSR count). The molecule has 0 fully saturated rings. The van der Waals surface area contributed by atoms with E-state index in [9.17, 15) is 22.7 Å². The zero-order chi connectivity index (χ0) is 27.7. The molecular formula is C25H24FN7O4S. The molecule has 1 aromatic carbocycles. The minimum atomic E-state index is -3.98. The van der Waals surface area contributed by atoms with Gasteiger partial charge in [0, 0.05) is 35.7 Å². The molecule has 1 amide bonds. The predicted octanol–water partition coefficient (Wildman–Crippen LogP) is 2.52. The molecule has 0 aliphatic carbocycles. The van der Waals surface area contributed by atoms with Crippen LogP contribution >= 0.6 is 0 Å². The van der Waals surface area contributed by atoms with E-state index in [1.165, 1.54) is 44.4 Å². The molecule has 1 unspecified atom stereocenters. The molecule has 4 aromatic rings. The van der Waals surface area contributed by atoms with Gasteiger partial charge in [-0.3, -0.25) is 9.36 Å². The highest BCUT2D eigenvalue weighted by Gasteiger charge is 2.27. The maximum Gasteiger partial charge on any atom is 0.255 e. The molecule has 38 heavy (non-hydrogen) atoms. The minimum Gasteiger partial charge on any atom is -0.387 e. The zero-order valence-electron chi connectivity index (χ0n) is 20.4. The number of carbonyl (C=O) groups is 1. The third-order valence-electron chi connectivity index (χ3n) is 5.69. The molecule has 0 bridgehead atoms. The molecule has 0 spiro atoms. The van der Waals surface area contributed by atoms with E-state index in [2.05, 4.69) is 20.6 Å². The van der Waals surface area contributed by atoms with Gasteiger partial charge < -0.3 is 15.7 Å². The van der Waals surface area contributed by atoms with Gasteiger partial charge in [-0.05, 0) is 44.2 Å². The fourth-order valence-electron chi connectivity index (χ4n) is 3.56. The Morgan fingerprint density at radius 1 is 1.24 bits per heavy atom. The number of sulfonamides is 1. The molecule has 0 saturated carbocycles. The summed E-state index contributed by atoms with van der Waals surface area (Å²) >= 11 is 0. The van der Waals surface area contributed by atoms with E-state index in [1.807, 2.05) is 6.07 Å². The van der Waals surface area contributed by atoms with Crippen molar-refractivity contribution in [3.8, 4) is 11.9 Å². The average Bonchev–Trinajstić information content (AvgIpc) is 3.29. The smallest absolute Gasteiger partial charge is 0.255 e. The summed E-state index contributed by atoms with van der Waals surface area (Å²) in [5, 5.41) is 30.4. The average molecular weight is 538 g/mol. The van der Waals surface area contributed by atoms with Gasteiger partial charge in [-0.2, -0.15) is 5.26 Å². The van der Waals surface area contributed by atoms with Crippen molar-refractivity contribution in [2.75, 3.05) is 11.9 Å². The van der Waals surface area contributed by atoms with Crippen molar-refractivity contribution in [1.29, 1.82) is 5.26 Å². The molecular weight excluding hydrogens is 513 g/mol. The second-order valence-corrected chi connectivity index (χ2v) is 10.6. The SMILES string of the molecule is CC(C)(O)C(F)CNC(=O)c1cnc(-n2ccc3cc(C#N)cnc32)cc1Nc1cccc(S(N)(=O)=O)c1. The Hall–Kier alpha value is -4.38. The van der Waals surface area contributed by atoms with Gasteiger partial charge in [0.15, 0.2) is 0 Å². The number of alkyl halides is 1. The Labute approximate surface area is 217 Å². The number of halogens is 1. The summed E-state index contributed by atoms with van der Waals surface area (Å²) in [6.07, 6.45) is 2.68. The quantitative estimate of drug-likeness (QED) is 0.265. The van der Waals surface area contributed by atoms with Gasteiger partial charge in [0.2, 0.25) is 10.0 Å². The van der Waals surface area contributed by atoms with Crippen LogP contribution in [-0.4, -0.2) is 52.3 Å². The lowest BCUT2D eigenvalue weighted by atomic mass is 10.0. The molecule has 11 nitrogen and oxygen atoms in total. The number of benzene rings is 1. The van der Waals surface area contributed by atoms with Gasteiger partial charge in [0.1, 0.15) is 23.7 Å². The fraction of sp³-hybridized carbons (Fsp3) is 0.200. The summed E-state index contributed by atoms with van der Waals surface area (Å²) < 4.78 is 39.5. The van der Waals surface area contributed by atoms with Crippen molar-refractivity contribution in [2.24, 2.45) is 5.14 Å². The number of pyridine rings is 2. The van der Waals surface area contributed by atoms with Crippen LogP contribution in [0.3, 0.4) is 0 Å². The highest BCUT2D eigenvalue weighted by molar-refractivity contribution is 7.89. The molecule has 0 aliphatic heterocycles. The molecule has 3 heterocycles. The van der Waals surface area contributed by atoms with Crippen LogP contribution < -0.4 is 15.8 Å². The number of nitrogens with two attached hydrogens (primary N) is 1. The van der Waals surface area contributed by atoms with Crippen molar-refractivity contribution in [2.45, 2.75) is 30.5 Å². The van der Waals surface area contributed by atoms with E-state index in [0.29, 0.717) is 28.1 Å². The number of rotatable bonds is 8. The number of nitriles is 1. The first-order valence-corrected chi connectivity index (χ1v) is 12.8. The standard InChI is InChI=1S/C25H24FN7O4S/c1-25(2,35)21(26)14-31-24(34)19-13-29-22(33-7-6-16-8-15(11-27)12-30-23(16)33)10-20(19)32-17-4-3-5-18(9-17)38(28,36)37/h3-10,12-13,21,35H,14H2,1-2H3,(H,29,32)(H,31,34)(H2,28,36,37). The van der Waals surface area contributed by atoms with Crippen molar-refractivity contribution < 1.29 is 22.7 Å². The second kappa shape index (κ2) is 10.2. The molecule has 1 atom stereocenters. The number of hydrogen-bond donors (Lipinski definition) is 4. The van der Waals surface area contributed by atoms with E-state index in [0.717, 1.165) is 0 Å². The van der Waals surface area contributed by atoms with Gasteiger partial charge >= 0.3 is 0 Å². The number of carbonyl (C=O) groups excluding carboxylic acids is 1. The number of nitrogens with one attached hydrogen (secondary N) is 2. The van der Waals surface area contributed by atoms with Gasteiger partial charge in [-0.25, -0.2) is 27.9 Å². The Morgan fingerprint density at radius 2 is 2.00 bits per heavy atom. The lowest BCUT2D eigenvalue weighted by Gasteiger charge is -2.22. The lowest BCUT2D eigenvalue weighted by Crippen LogP contribution is -2.42. The fourth-order valence-corrected chi connectivity index (χ4v) is 4.12. The van der Waals surface area contributed by atoms with Crippen LogP contribution in [0.4, 0.5) is 15.8 Å². The Kier molecular flexibility index (Phi) is 7.14. The van der Waals surface area contributed by atoms with E-state index >= 15 is 0 Å². The van der Waals surface area contributed by atoms with Crippen LogP contribution in [0.2, 0.25) is 0 Å². The summed E-state index contributed by atoms with van der Waals surface area (Å²) in [7, 11) is -3.98. The highest BCUT2D eigenvalue weighted by atomic mass is 32.2. The maximum atomic E-state index is 14.2. The normalized spacial score (nSPS) is 12.6. The summed E-state index contributed by atoms with van der Waals surface area (Å²) in [5.74, 6) is -0.311. The predicted molar refractivity (Wildman–Crippen MR) is 138 cm³/mol. The molecule has 0 radical (unpaired) electrons. The Balaban J connectivity index is 1.75. The van der Waals surface area contributed by atoms with Crippen LogP contribution in [0, 0.1) is 11.3 Å². The lowest BCUT2D eigenvalue weighted by molar-refractivity contribution is -0.00177. The topological polar surface area (TPSA) is 176 Å². The van der Waals surface area contributed by atoms with Crippen LogP contribution in [0.15, 0.2) is 66.0 Å². The third kappa shape index (κ3) is 5.78. The third-order valence-corrected chi connectivity index (χ3v) is 6.60. The second-order valence-electron chi connectivity index (χ2n) is 9.05. The van der Waals surface area contributed by atoms with Crippen molar-refractivity contribution in [3.63, 3.8) is 0 Å². The zero-order valence-corrected chi connectivity index (χ0v) is 21.2. The molecule has 5 N–H and O–H groups in total. The first-order valence-electron chi connectivity index (χ1n) is 11.3. The number of anilines is 2. The summed E-state index contributed by atoms with van der Waals surface area (Å²) in [6.45, 7) is 2.14. The van der Waals surface area contributed by atoms with Gasteiger partial charge in [0.25, 0.3) is 5.91 Å². The number of aromatic nitrogens is 3. The van der Waals surface area contributed by atoms with E-state index in [-0.39, 0.29) is 16.1 Å². The van der Waals surface area contributed by atoms with E-state index < -0.39 is 34.2 Å². The van der Waals surface area contributed by atoms with E-state index in [4.69, 9.17) is 10.4 Å². The number of hydrogen-bond acceptors (Lipinski definition) is 8. The van der Waals surface area contributed by atoms with Crippen molar-refractivity contribution >= 4 is 38.3 Å². The highest BCUT2D eigenvalue weighted by Crippen LogP contribution is 2.26. The number of nitrogens with zero attached hydrogens (tertiary/aromatic N) is 4. The molecule has 3 aromatic heterocycles. The molecule has 13 heteroatoms. The molecule has 0 saturated heterocycles. The summed E-state index contributed by atoms with van der Waals surface area (Å²) in [6, 6.07) is 12.7. The van der Waals surface area contributed by atoms with Gasteiger partial charge in [-0.15, -0.1) is 0 Å². The van der Waals surface area contributed by atoms with Gasteiger partial charge in [-0.1, -0.05) is 6.07 Å². The van der Waals surface area contributed by atoms with E-state index in [1.54, 1.807) is 35.0 Å². The Morgan fingerprint density at radius 3 is 2.68 bits per heavy atom. The first kappa shape index (κ1) is 26.7. The number of amides is 1. The Bertz CT molecular complexity index is 1670. The van der Waals surface area contributed by atoms with Crippen LogP contribution in [0.5, 0.6) is 0 Å². The summed E-state index contributed by atoms with van der Waals surface area (Å²) in [5.41, 5.74) is -0.164. The monoisotopic (exact) mass is 537 g/mol. The van der Waals surface area contributed by atoms with Crippen LogP contribution in [0.25, 0.3) is 16.9 Å². The number of aliphatic hydroxyl groups is 1. The minimum absolute atomic E-state index is 0.0360. The van der Waals surface area contributed by atoms with Crippen LogP contribution in [-0.2, 0) is 10.0 Å². The maximum absolute atomic E-state index is 14.2. The first-order chi connectivity index (χ1) is 17.9. The van der Waals surface area contributed by atoms with Crippen molar-refractivity contribution in [3.05, 3.63) is 72.2 Å². The summed E-state index contributed by atoms with van der Waals surface area (Å²) in [4.78, 5) is 21.5. The van der Waals surface area contributed by atoms with Crippen molar-refractivity contribution in [1.82, 2.24) is 19.9 Å². The largest absolute Gasteiger partial charge is 0.387 e. The number of primary sulfonamides is 1. The van der Waals surface area contributed by atoms with Crippen LogP contribution in [0.1, 0.15) is 29.8 Å². The van der Waals surface area contributed by atoms with Gasteiger partial charge in [0.05, 0.1) is 33.9 Å². The number of fused-ring (bicyclic) bond motifs is 1. The molecule has 196 valence electrons.